The van der Waals surface area contributed by atoms with Gasteiger partial charge in [0.05, 0.1) is 17.7 Å². The van der Waals surface area contributed by atoms with Gasteiger partial charge in [-0.25, -0.2) is 0 Å². The highest BCUT2D eigenvalue weighted by Gasteiger charge is 2.43. The first kappa shape index (κ1) is 7.98. The molecule has 3 heteroatoms. The molecule has 10 heavy (non-hydrogen) atoms. The van der Waals surface area contributed by atoms with Crippen molar-refractivity contribution in [1.82, 2.24) is 0 Å². The lowest BCUT2D eigenvalue weighted by Crippen LogP contribution is -2.57. The normalized spacial score (nSPS) is 34.8. The molecule has 3 N–H and O–H groups in total. The Kier molecular flexibility index (Phi) is 1.75. The Morgan fingerprint density at radius 1 is 1.60 bits per heavy atom. The van der Waals surface area contributed by atoms with Gasteiger partial charge in [-0.2, -0.15) is 0 Å². The Morgan fingerprint density at radius 3 is 2.40 bits per heavy atom. The molecule has 1 rings (SSSR count). The largest absolute Gasteiger partial charge is 0.388 e. The summed E-state index contributed by atoms with van der Waals surface area (Å²) in [5.41, 5.74) is 4.50. The fourth-order valence-electron chi connectivity index (χ4n) is 1.06. The molecule has 0 aromatic rings. The molecule has 0 aromatic carbocycles. The molecular weight excluding hydrogens is 130 g/mol. The molecule has 1 unspecified atom stereocenters. The standard InChI is InChI=1S/C7H15NO2/c1-6(2,9)7(8)3-4-10-5-7/h9H,3-5,8H2,1-2H3. The summed E-state index contributed by atoms with van der Waals surface area (Å²) < 4.78 is 5.10. The highest BCUT2D eigenvalue weighted by Crippen LogP contribution is 2.27. The summed E-state index contributed by atoms with van der Waals surface area (Å²) in [6.07, 6.45) is 0.747. The van der Waals surface area contributed by atoms with Crippen LogP contribution in [0.1, 0.15) is 20.3 Å². The van der Waals surface area contributed by atoms with Gasteiger partial charge < -0.3 is 15.6 Å². The second-order valence-corrected chi connectivity index (χ2v) is 3.52. The third-order valence-electron chi connectivity index (χ3n) is 2.27. The van der Waals surface area contributed by atoms with Gasteiger partial charge in [0, 0.05) is 6.61 Å². The van der Waals surface area contributed by atoms with Crippen molar-refractivity contribution in [2.45, 2.75) is 31.4 Å². The van der Waals surface area contributed by atoms with E-state index in [4.69, 9.17) is 10.5 Å². The van der Waals surface area contributed by atoms with Crippen molar-refractivity contribution in [2.24, 2.45) is 5.73 Å². The first-order valence-electron chi connectivity index (χ1n) is 3.55. The van der Waals surface area contributed by atoms with Gasteiger partial charge in [-0.1, -0.05) is 0 Å². The lowest BCUT2D eigenvalue weighted by molar-refractivity contribution is -0.00704. The zero-order valence-corrected chi connectivity index (χ0v) is 6.55. The van der Waals surface area contributed by atoms with E-state index >= 15 is 0 Å². The molecule has 0 aromatic heterocycles. The maximum absolute atomic E-state index is 9.57. The first-order chi connectivity index (χ1) is 4.46. The average molecular weight is 145 g/mol. The Bertz CT molecular complexity index is 122. The number of nitrogens with two attached hydrogens (primary N) is 1. The molecule has 0 saturated carbocycles. The molecule has 0 bridgehead atoms. The number of rotatable bonds is 1. The van der Waals surface area contributed by atoms with Gasteiger partial charge in [0.2, 0.25) is 0 Å². The van der Waals surface area contributed by atoms with E-state index in [1.165, 1.54) is 0 Å². The maximum Gasteiger partial charge on any atom is 0.0793 e. The van der Waals surface area contributed by atoms with Crippen molar-refractivity contribution in [3.05, 3.63) is 0 Å². The van der Waals surface area contributed by atoms with E-state index < -0.39 is 11.1 Å². The summed E-state index contributed by atoms with van der Waals surface area (Å²) >= 11 is 0. The lowest BCUT2D eigenvalue weighted by atomic mass is 9.83. The molecule has 1 atom stereocenters. The van der Waals surface area contributed by atoms with E-state index in [1.54, 1.807) is 13.8 Å². The molecule has 3 nitrogen and oxygen atoms in total. The number of ether oxygens (including phenoxy) is 1. The van der Waals surface area contributed by atoms with Crippen molar-refractivity contribution in [1.29, 1.82) is 0 Å². The van der Waals surface area contributed by atoms with Crippen molar-refractivity contribution >= 4 is 0 Å². The zero-order valence-electron chi connectivity index (χ0n) is 6.55. The van der Waals surface area contributed by atoms with Crippen LogP contribution in [0.5, 0.6) is 0 Å². The van der Waals surface area contributed by atoms with Crippen LogP contribution in [-0.2, 0) is 4.74 Å². The van der Waals surface area contributed by atoms with E-state index in [1.807, 2.05) is 0 Å². The molecule has 1 aliphatic rings. The van der Waals surface area contributed by atoms with Crippen LogP contribution in [0.2, 0.25) is 0 Å². The van der Waals surface area contributed by atoms with Crippen LogP contribution < -0.4 is 5.73 Å². The molecule has 1 aliphatic heterocycles. The van der Waals surface area contributed by atoms with E-state index in [9.17, 15) is 5.11 Å². The minimum atomic E-state index is -0.830. The smallest absolute Gasteiger partial charge is 0.0793 e. The molecule has 0 amide bonds. The van der Waals surface area contributed by atoms with Crippen molar-refractivity contribution in [3.63, 3.8) is 0 Å². The minimum absolute atomic E-state index is 0.469. The van der Waals surface area contributed by atoms with Crippen molar-refractivity contribution in [3.8, 4) is 0 Å². The molecule has 0 spiro atoms. The first-order valence-corrected chi connectivity index (χ1v) is 3.55. The van der Waals surface area contributed by atoms with Crippen LogP contribution in [0.3, 0.4) is 0 Å². The van der Waals surface area contributed by atoms with Gasteiger partial charge in [-0.3, -0.25) is 0 Å². The Labute approximate surface area is 61.2 Å². The van der Waals surface area contributed by atoms with E-state index in [-0.39, 0.29) is 0 Å². The second-order valence-electron chi connectivity index (χ2n) is 3.52. The molecule has 1 saturated heterocycles. The number of hydrogen-bond acceptors (Lipinski definition) is 3. The van der Waals surface area contributed by atoms with E-state index in [0.717, 1.165) is 6.42 Å². The third kappa shape index (κ3) is 1.17. The Hall–Kier alpha value is -0.120. The summed E-state index contributed by atoms with van der Waals surface area (Å²) in [6, 6.07) is 0. The summed E-state index contributed by atoms with van der Waals surface area (Å²) in [5.74, 6) is 0. The highest BCUT2D eigenvalue weighted by molar-refractivity contribution is 5.00. The van der Waals surface area contributed by atoms with Gasteiger partial charge in [0.25, 0.3) is 0 Å². The molecular formula is C7H15NO2. The van der Waals surface area contributed by atoms with E-state index in [0.29, 0.717) is 13.2 Å². The molecule has 0 radical (unpaired) electrons. The minimum Gasteiger partial charge on any atom is -0.388 e. The zero-order chi connectivity index (χ0) is 7.83. The van der Waals surface area contributed by atoms with Crippen LogP contribution in [0.15, 0.2) is 0 Å². The summed E-state index contributed by atoms with van der Waals surface area (Å²) in [7, 11) is 0. The van der Waals surface area contributed by atoms with Crippen molar-refractivity contribution in [2.75, 3.05) is 13.2 Å². The highest BCUT2D eigenvalue weighted by atomic mass is 16.5. The Balaban J connectivity index is 2.67. The van der Waals surface area contributed by atoms with Gasteiger partial charge in [0.1, 0.15) is 0 Å². The van der Waals surface area contributed by atoms with Gasteiger partial charge >= 0.3 is 0 Å². The van der Waals surface area contributed by atoms with Crippen molar-refractivity contribution < 1.29 is 9.84 Å². The van der Waals surface area contributed by atoms with Crippen LogP contribution >= 0.6 is 0 Å². The lowest BCUT2D eigenvalue weighted by Gasteiger charge is -2.35. The predicted molar refractivity (Wildman–Crippen MR) is 38.7 cm³/mol. The van der Waals surface area contributed by atoms with Crippen LogP contribution in [0.25, 0.3) is 0 Å². The van der Waals surface area contributed by atoms with Crippen LogP contribution in [0, 0.1) is 0 Å². The van der Waals surface area contributed by atoms with Crippen LogP contribution in [0.4, 0.5) is 0 Å². The average Bonchev–Trinajstić information content (AvgIpc) is 2.13. The topological polar surface area (TPSA) is 55.5 Å². The molecule has 0 aliphatic carbocycles. The molecule has 60 valence electrons. The second kappa shape index (κ2) is 2.19. The summed E-state index contributed by atoms with van der Waals surface area (Å²) in [4.78, 5) is 0. The maximum atomic E-state index is 9.57. The fourth-order valence-corrected chi connectivity index (χ4v) is 1.06. The van der Waals surface area contributed by atoms with E-state index in [2.05, 4.69) is 0 Å². The molecule has 1 fully saturated rings. The Morgan fingerprint density at radius 2 is 2.20 bits per heavy atom. The number of aliphatic hydroxyl groups is 1. The summed E-state index contributed by atoms with van der Waals surface area (Å²) in [6.45, 7) is 4.58. The summed E-state index contributed by atoms with van der Waals surface area (Å²) in [5, 5.41) is 9.57. The fraction of sp³-hybridized carbons (Fsp3) is 1.00. The third-order valence-corrected chi connectivity index (χ3v) is 2.27. The monoisotopic (exact) mass is 145 g/mol. The SMILES string of the molecule is CC(C)(O)C1(N)CCOC1. The number of hydrogen-bond donors (Lipinski definition) is 2. The van der Waals surface area contributed by atoms with Gasteiger partial charge in [0.15, 0.2) is 0 Å². The van der Waals surface area contributed by atoms with Crippen LogP contribution in [-0.4, -0.2) is 29.5 Å². The predicted octanol–water partition coefficient (Wildman–Crippen LogP) is -0.125. The van der Waals surface area contributed by atoms with Gasteiger partial charge in [-0.05, 0) is 20.3 Å². The molecule has 1 heterocycles. The quantitative estimate of drug-likeness (QED) is 0.540. The van der Waals surface area contributed by atoms with Gasteiger partial charge in [-0.15, -0.1) is 0 Å².